The van der Waals surface area contributed by atoms with Crippen LogP contribution in [-0.4, -0.2) is 116 Å². The molecule has 11 heteroatoms. The van der Waals surface area contributed by atoms with Gasteiger partial charge < -0.3 is 29.2 Å². The van der Waals surface area contributed by atoms with Gasteiger partial charge >= 0.3 is 6.09 Å². The first-order valence-electron chi connectivity index (χ1n) is 11.3. The predicted molar refractivity (Wildman–Crippen MR) is 137 cm³/mol. The number of aliphatic imine (C=N–C) groups is 1. The second-order valence-corrected chi connectivity index (χ2v) is 9.04. The third kappa shape index (κ3) is 8.05. The molecule has 0 unspecified atom stereocenters. The lowest BCUT2D eigenvalue weighted by molar-refractivity contribution is 0.0147. The van der Waals surface area contributed by atoms with E-state index in [1.165, 1.54) is 6.26 Å². The number of hydrogen-bond acceptors (Lipinski definition) is 6. The van der Waals surface area contributed by atoms with Crippen LogP contribution in [0.5, 0.6) is 0 Å². The molecule has 0 aliphatic carbocycles. The number of halogens is 1. The zero-order chi connectivity index (χ0) is 23.1. The molecule has 2 saturated heterocycles. The molecule has 186 valence electrons. The number of rotatable bonds is 4. The number of hydrogen-bond donors (Lipinski definition) is 1. The fourth-order valence-corrected chi connectivity index (χ4v) is 3.82. The Morgan fingerprint density at radius 1 is 1.03 bits per heavy atom. The molecule has 2 aliphatic rings. The van der Waals surface area contributed by atoms with Crippen molar-refractivity contribution in [2.75, 3.05) is 72.5 Å². The molecule has 0 saturated carbocycles. The third-order valence-electron chi connectivity index (χ3n) is 5.55. The summed E-state index contributed by atoms with van der Waals surface area (Å²) in [5, 5.41) is 3.43. The Hall–Kier alpha value is -2.02. The van der Waals surface area contributed by atoms with Gasteiger partial charge in [0.2, 0.25) is 0 Å². The quantitative estimate of drug-likeness (QED) is 0.332. The van der Waals surface area contributed by atoms with Gasteiger partial charge in [-0.25, -0.2) is 4.79 Å². The van der Waals surface area contributed by atoms with Crippen LogP contribution in [0.3, 0.4) is 0 Å². The number of amides is 2. The van der Waals surface area contributed by atoms with E-state index in [-0.39, 0.29) is 36.0 Å². The molecule has 0 spiro atoms. The number of nitrogens with zero attached hydrogens (tertiary/aromatic N) is 5. The lowest BCUT2D eigenvalue weighted by atomic mass is 10.2. The van der Waals surface area contributed by atoms with Gasteiger partial charge in [0.05, 0.1) is 6.26 Å². The standard InChI is InChI=1S/C22H36N6O4.HI/c1-22(2,3)32-21(30)28-11-9-25(10-12-28)8-7-24-20(23-4)27-15-13-26(14-16-27)19(29)18-6-5-17-31-18;/h5-6,17H,7-16H2,1-4H3,(H,23,24);1H. The summed E-state index contributed by atoms with van der Waals surface area (Å²) in [7, 11) is 1.78. The van der Waals surface area contributed by atoms with Gasteiger partial charge in [-0.05, 0) is 32.9 Å². The highest BCUT2D eigenvalue weighted by Gasteiger charge is 2.27. The molecule has 10 nitrogen and oxygen atoms in total. The molecule has 33 heavy (non-hydrogen) atoms. The Labute approximate surface area is 213 Å². The lowest BCUT2D eigenvalue weighted by Crippen LogP contribution is -2.55. The second kappa shape index (κ2) is 12.4. The normalized spacial score (nSPS) is 18.1. The van der Waals surface area contributed by atoms with Gasteiger partial charge in [-0.2, -0.15) is 0 Å². The summed E-state index contributed by atoms with van der Waals surface area (Å²) >= 11 is 0. The molecule has 0 radical (unpaired) electrons. The van der Waals surface area contributed by atoms with E-state index in [0.29, 0.717) is 31.9 Å². The van der Waals surface area contributed by atoms with E-state index in [1.54, 1.807) is 24.1 Å². The summed E-state index contributed by atoms with van der Waals surface area (Å²) in [4.78, 5) is 37.1. The van der Waals surface area contributed by atoms with Crippen LogP contribution in [0.2, 0.25) is 0 Å². The maximum absolute atomic E-state index is 12.4. The van der Waals surface area contributed by atoms with Crippen molar-refractivity contribution in [1.82, 2.24) is 24.9 Å². The number of furan rings is 1. The first-order chi connectivity index (χ1) is 15.3. The minimum Gasteiger partial charge on any atom is -0.459 e. The minimum absolute atomic E-state index is 0. The molecule has 2 fully saturated rings. The van der Waals surface area contributed by atoms with Crippen LogP contribution < -0.4 is 5.32 Å². The maximum atomic E-state index is 12.4. The largest absolute Gasteiger partial charge is 0.459 e. The fourth-order valence-electron chi connectivity index (χ4n) is 3.82. The molecule has 3 rings (SSSR count). The summed E-state index contributed by atoms with van der Waals surface area (Å²) in [5.74, 6) is 1.17. The van der Waals surface area contributed by atoms with E-state index >= 15 is 0 Å². The molecule has 1 N–H and O–H groups in total. The number of carbonyl (C=O) groups excluding carboxylic acids is 2. The number of piperazine rings is 2. The fraction of sp³-hybridized carbons (Fsp3) is 0.682. The van der Waals surface area contributed by atoms with Crippen LogP contribution in [0.1, 0.15) is 31.3 Å². The molecule has 0 bridgehead atoms. The van der Waals surface area contributed by atoms with Gasteiger partial charge in [-0.1, -0.05) is 0 Å². The van der Waals surface area contributed by atoms with Gasteiger partial charge in [0.15, 0.2) is 11.7 Å². The highest BCUT2D eigenvalue weighted by molar-refractivity contribution is 14.0. The summed E-state index contributed by atoms with van der Waals surface area (Å²) < 4.78 is 10.7. The Balaban J connectivity index is 0.00000385. The van der Waals surface area contributed by atoms with Gasteiger partial charge in [-0.3, -0.25) is 14.7 Å². The second-order valence-electron chi connectivity index (χ2n) is 9.04. The average Bonchev–Trinajstić information content (AvgIpc) is 3.31. The van der Waals surface area contributed by atoms with Gasteiger partial charge in [0.1, 0.15) is 5.60 Å². The Morgan fingerprint density at radius 2 is 1.64 bits per heavy atom. The van der Waals surface area contributed by atoms with Crippen LogP contribution in [0, 0.1) is 0 Å². The summed E-state index contributed by atoms with van der Waals surface area (Å²) in [5.41, 5.74) is -0.467. The molecule has 1 aromatic heterocycles. The zero-order valence-corrected chi connectivity index (χ0v) is 22.4. The van der Waals surface area contributed by atoms with Crippen LogP contribution in [0.4, 0.5) is 4.79 Å². The molecular formula is C22H37IN6O4. The molecular weight excluding hydrogens is 539 g/mol. The van der Waals surface area contributed by atoms with Crippen molar-refractivity contribution >= 4 is 41.9 Å². The first kappa shape index (κ1) is 27.2. The Kier molecular flexibility index (Phi) is 10.3. The minimum atomic E-state index is -0.467. The number of nitrogens with one attached hydrogen (secondary N) is 1. The lowest BCUT2D eigenvalue weighted by Gasteiger charge is -2.37. The van der Waals surface area contributed by atoms with Crippen molar-refractivity contribution in [3.05, 3.63) is 24.2 Å². The molecule has 2 aliphatic heterocycles. The number of ether oxygens (including phenoxy) is 1. The van der Waals surface area contributed by atoms with Crippen molar-refractivity contribution in [1.29, 1.82) is 0 Å². The van der Waals surface area contributed by atoms with E-state index < -0.39 is 5.60 Å². The summed E-state index contributed by atoms with van der Waals surface area (Å²) in [6.07, 6.45) is 1.28. The van der Waals surface area contributed by atoms with Crippen LogP contribution in [0.15, 0.2) is 27.8 Å². The molecule has 1 aromatic rings. The summed E-state index contributed by atoms with van der Waals surface area (Å²) in [6, 6.07) is 3.43. The van der Waals surface area contributed by atoms with Crippen molar-refractivity contribution in [3.63, 3.8) is 0 Å². The smallest absolute Gasteiger partial charge is 0.410 e. The maximum Gasteiger partial charge on any atom is 0.410 e. The molecule has 0 atom stereocenters. The highest BCUT2D eigenvalue weighted by Crippen LogP contribution is 2.12. The van der Waals surface area contributed by atoms with Crippen LogP contribution in [-0.2, 0) is 4.74 Å². The van der Waals surface area contributed by atoms with E-state index in [9.17, 15) is 9.59 Å². The van der Waals surface area contributed by atoms with E-state index in [1.807, 2.05) is 25.7 Å². The van der Waals surface area contributed by atoms with Gasteiger partial charge in [0, 0.05) is 72.5 Å². The summed E-state index contributed by atoms with van der Waals surface area (Å²) in [6.45, 7) is 13.0. The van der Waals surface area contributed by atoms with Crippen LogP contribution >= 0.6 is 24.0 Å². The molecule has 3 heterocycles. The van der Waals surface area contributed by atoms with Crippen molar-refractivity contribution in [2.45, 2.75) is 26.4 Å². The van der Waals surface area contributed by atoms with Crippen LogP contribution in [0.25, 0.3) is 0 Å². The Morgan fingerprint density at radius 3 is 2.18 bits per heavy atom. The first-order valence-corrected chi connectivity index (χ1v) is 11.3. The van der Waals surface area contributed by atoms with E-state index in [2.05, 4.69) is 20.1 Å². The highest BCUT2D eigenvalue weighted by atomic mass is 127. The number of guanidine groups is 1. The topological polar surface area (TPSA) is 93.9 Å². The predicted octanol–water partition coefficient (Wildman–Crippen LogP) is 1.78. The van der Waals surface area contributed by atoms with Gasteiger partial charge in [-0.15, -0.1) is 24.0 Å². The molecule has 0 aromatic carbocycles. The molecule has 2 amide bonds. The SMILES string of the molecule is CN=C(NCCN1CCN(C(=O)OC(C)(C)C)CC1)N1CCN(C(=O)c2ccco2)CC1.I. The van der Waals surface area contributed by atoms with Crippen molar-refractivity contribution in [3.8, 4) is 0 Å². The van der Waals surface area contributed by atoms with E-state index in [4.69, 9.17) is 9.15 Å². The zero-order valence-electron chi connectivity index (χ0n) is 20.1. The Bertz CT molecular complexity index is 779. The van der Waals surface area contributed by atoms with Crippen molar-refractivity contribution in [2.24, 2.45) is 4.99 Å². The average molecular weight is 576 g/mol. The van der Waals surface area contributed by atoms with Gasteiger partial charge in [0.25, 0.3) is 5.91 Å². The van der Waals surface area contributed by atoms with Crippen molar-refractivity contribution < 1.29 is 18.7 Å². The monoisotopic (exact) mass is 576 g/mol. The van der Waals surface area contributed by atoms with E-state index in [0.717, 1.165) is 45.2 Å². The third-order valence-corrected chi connectivity index (χ3v) is 5.55. The number of carbonyl (C=O) groups is 2.